The van der Waals surface area contributed by atoms with Crippen molar-refractivity contribution in [1.82, 2.24) is 5.32 Å². The maximum Gasteiger partial charge on any atom is 0.282 e. The number of nitrogens with one attached hydrogen (secondary N) is 1. The zero-order valence-corrected chi connectivity index (χ0v) is 10.6. The number of halogens is 1. The van der Waals surface area contributed by atoms with Crippen molar-refractivity contribution in [3.63, 3.8) is 0 Å². The number of ketones is 1. The van der Waals surface area contributed by atoms with Crippen LogP contribution in [0.25, 0.3) is 0 Å². The molecule has 0 spiro atoms. The third kappa shape index (κ3) is 3.17. The molecule has 0 atom stereocenters. The molecule has 0 aliphatic heterocycles. The Morgan fingerprint density at radius 2 is 2.00 bits per heavy atom. The van der Waals surface area contributed by atoms with Crippen molar-refractivity contribution >= 4 is 17.4 Å². The molecule has 1 N–H and O–H groups in total. The molecule has 1 aliphatic rings. The lowest BCUT2D eigenvalue weighted by Gasteiger charge is -2.22. The van der Waals surface area contributed by atoms with Crippen LogP contribution >= 0.6 is 0 Å². The molecule has 0 heterocycles. The first kappa shape index (κ1) is 14.1. The molecule has 6 nitrogen and oxygen atoms in total. The molecule has 20 heavy (non-hydrogen) atoms. The summed E-state index contributed by atoms with van der Waals surface area (Å²) in [6.45, 7) is 0. The summed E-state index contributed by atoms with van der Waals surface area (Å²) in [7, 11) is 0. The fourth-order valence-corrected chi connectivity index (χ4v) is 2.20. The number of nitro benzene ring substituents is 1. The predicted octanol–water partition coefficient (Wildman–Crippen LogP) is 1.98. The fourth-order valence-electron chi connectivity index (χ4n) is 2.20. The van der Waals surface area contributed by atoms with Gasteiger partial charge in [-0.05, 0) is 25.0 Å². The van der Waals surface area contributed by atoms with Gasteiger partial charge in [-0.1, -0.05) is 0 Å². The third-order valence-electron chi connectivity index (χ3n) is 3.28. The molecule has 1 aliphatic carbocycles. The van der Waals surface area contributed by atoms with Crippen LogP contribution in [-0.4, -0.2) is 22.7 Å². The molecule has 0 radical (unpaired) electrons. The van der Waals surface area contributed by atoms with E-state index >= 15 is 0 Å². The van der Waals surface area contributed by atoms with E-state index in [9.17, 15) is 24.1 Å². The highest BCUT2D eigenvalue weighted by atomic mass is 19.1. The maximum absolute atomic E-state index is 13.2. The highest BCUT2D eigenvalue weighted by molar-refractivity contribution is 5.98. The van der Waals surface area contributed by atoms with Gasteiger partial charge in [-0.2, -0.15) is 0 Å². The van der Waals surface area contributed by atoms with Gasteiger partial charge in [0, 0.05) is 24.9 Å². The first-order chi connectivity index (χ1) is 9.47. The molecule has 0 saturated heterocycles. The van der Waals surface area contributed by atoms with E-state index in [2.05, 4.69) is 5.32 Å². The normalized spacial score (nSPS) is 15.9. The molecule has 1 fully saturated rings. The van der Waals surface area contributed by atoms with E-state index in [-0.39, 0.29) is 17.4 Å². The lowest BCUT2D eigenvalue weighted by molar-refractivity contribution is -0.385. The molecular formula is C13H13FN2O4. The van der Waals surface area contributed by atoms with Crippen LogP contribution in [0, 0.1) is 15.9 Å². The molecular weight excluding hydrogens is 267 g/mol. The van der Waals surface area contributed by atoms with Crippen LogP contribution in [0.2, 0.25) is 0 Å². The summed E-state index contributed by atoms with van der Waals surface area (Å²) in [4.78, 5) is 33.2. The molecule has 106 valence electrons. The Morgan fingerprint density at radius 1 is 1.35 bits per heavy atom. The van der Waals surface area contributed by atoms with Crippen molar-refractivity contribution in [3.05, 3.63) is 39.7 Å². The minimum atomic E-state index is -0.723. The molecule has 1 aromatic rings. The van der Waals surface area contributed by atoms with Crippen LogP contribution in [0.1, 0.15) is 36.0 Å². The van der Waals surface area contributed by atoms with Crippen LogP contribution in [0.5, 0.6) is 0 Å². The minimum absolute atomic E-state index is 0.146. The molecule has 1 saturated carbocycles. The largest absolute Gasteiger partial charge is 0.349 e. The summed E-state index contributed by atoms with van der Waals surface area (Å²) in [6.07, 6.45) is 1.79. The Labute approximate surface area is 114 Å². The summed E-state index contributed by atoms with van der Waals surface area (Å²) >= 11 is 0. The molecule has 7 heteroatoms. The second kappa shape index (κ2) is 5.77. The Kier molecular flexibility index (Phi) is 4.07. The highest BCUT2D eigenvalue weighted by Gasteiger charge is 2.25. The van der Waals surface area contributed by atoms with E-state index in [1.54, 1.807) is 0 Å². The summed E-state index contributed by atoms with van der Waals surface area (Å²) in [5, 5.41) is 13.4. The lowest BCUT2D eigenvalue weighted by atomic mass is 9.94. The Morgan fingerprint density at radius 3 is 2.60 bits per heavy atom. The number of carbonyl (C=O) groups excluding carboxylic acids is 2. The lowest BCUT2D eigenvalue weighted by Crippen LogP contribution is -2.38. The van der Waals surface area contributed by atoms with E-state index in [4.69, 9.17) is 0 Å². The third-order valence-corrected chi connectivity index (χ3v) is 3.28. The minimum Gasteiger partial charge on any atom is -0.349 e. The number of carbonyl (C=O) groups is 2. The van der Waals surface area contributed by atoms with E-state index in [0.29, 0.717) is 25.7 Å². The van der Waals surface area contributed by atoms with E-state index in [1.807, 2.05) is 0 Å². The number of nitro groups is 1. The topological polar surface area (TPSA) is 89.3 Å². The van der Waals surface area contributed by atoms with Gasteiger partial charge >= 0.3 is 0 Å². The zero-order valence-electron chi connectivity index (χ0n) is 10.6. The smallest absolute Gasteiger partial charge is 0.282 e. The number of rotatable bonds is 3. The number of hydrogen-bond donors (Lipinski definition) is 1. The Hall–Kier alpha value is -2.31. The molecule has 1 aromatic carbocycles. The molecule has 0 bridgehead atoms. The van der Waals surface area contributed by atoms with Crippen LogP contribution < -0.4 is 5.32 Å². The first-order valence-corrected chi connectivity index (χ1v) is 6.24. The summed E-state index contributed by atoms with van der Waals surface area (Å²) < 4.78 is 13.2. The average Bonchev–Trinajstić information content (AvgIpc) is 2.41. The van der Waals surface area contributed by atoms with Crippen LogP contribution in [0.3, 0.4) is 0 Å². The van der Waals surface area contributed by atoms with Gasteiger partial charge in [0.15, 0.2) is 0 Å². The molecule has 2 rings (SSSR count). The van der Waals surface area contributed by atoms with Gasteiger partial charge in [0.1, 0.15) is 17.2 Å². The number of Topliss-reactive ketones (excluding diaryl/α,β-unsaturated/α-hetero) is 1. The SMILES string of the molecule is O=C1CCC(NC(=O)c2cc(F)ccc2[N+](=O)[O-])CC1. The van der Waals surface area contributed by atoms with Crippen molar-refractivity contribution in [2.75, 3.05) is 0 Å². The summed E-state index contributed by atoms with van der Waals surface area (Å²) in [6, 6.07) is 2.55. The summed E-state index contributed by atoms with van der Waals surface area (Å²) in [5.41, 5.74) is -0.734. The Balaban J connectivity index is 2.14. The monoisotopic (exact) mass is 280 g/mol. The standard InChI is InChI=1S/C13H13FN2O4/c14-8-1-6-12(16(19)20)11(7-8)13(18)15-9-2-4-10(17)5-3-9/h1,6-7,9H,2-5H2,(H,15,18). The average molecular weight is 280 g/mol. The second-order valence-electron chi connectivity index (χ2n) is 4.70. The number of nitrogens with zero attached hydrogens (tertiary/aromatic N) is 1. The zero-order chi connectivity index (χ0) is 14.7. The van der Waals surface area contributed by atoms with E-state index in [1.165, 1.54) is 0 Å². The quantitative estimate of drug-likeness (QED) is 0.677. The van der Waals surface area contributed by atoms with Gasteiger partial charge in [-0.3, -0.25) is 19.7 Å². The molecule has 0 unspecified atom stereocenters. The number of benzene rings is 1. The van der Waals surface area contributed by atoms with Gasteiger partial charge in [0.2, 0.25) is 0 Å². The first-order valence-electron chi connectivity index (χ1n) is 6.24. The van der Waals surface area contributed by atoms with Gasteiger partial charge in [0.05, 0.1) is 4.92 Å². The maximum atomic E-state index is 13.2. The van der Waals surface area contributed by atoms with Crippen molar-refractivity contribution in [2.45, 2.75) is 31.7 Å². The van der Waals surface area contributed by atoms with E-state index < -0.39 is 22.3 Å². The molecule has 0 aromatic heterocycles. The van der Waals surface area contributed by atoms with Gasteiger partial charge < -0.3 is 5.32 Å². The summed E-state index contributed by atoms with van der Waals surface area (Å²) in [5.74, 6) is -1.25. The van der Waals surface area contributed by atoms with Crippen molar-refractivity contribution in [1.29, 1.82) is 0 Å². The van der Waals surface area contributed by atoms with Crippen molar-refractivity contribution in [3.8, 4) is 0 Å². The van der Waals surface area contributed by atoms with Crippen molar-refractivity contribution < 1.29 is 18.9 Å². The van der Waals surface area contributed by atoms with Gasteiger partial charge in [0.25, 0.3) is 11.6 Å². The van der Waals surface area contributed by atoms with Crippen molar-refractivity contribution in [2.24, 2.45) is 0 Å². The van der Waals surface area contributed by atoms with E-state index in [0.717, 1.165) is 18.2 Å². The predicted molar refractivity (Wildman–Crippen MR) is 67.8 cm³/mol. The number of amides is 1. The highest BCUT2D eigenvalue weighted by Crippen LogP contribution is 2.21. The molecule has 1 amide bonds. The van der Waals surface area contributed by atoms with Crippen LogP contribution in [0.4, 0.5) is 10.1 Å². The van der Waals surface area contributed by atoms with Crippen LogP contribution in [0.15, 0.2) is 18.2 Å². The number of hydrogen-bond acceptors (Lipinski definition) is 4. The van der Waals surface area contributed by atoms with Gasteiger partial charge in [-0.25, -0.2) is 4.39 Å². The van der Waals surface area contributed by atoms with Gasteiger partial charge in [-0.15, -0.1) is 0 Å². The Bertz CT molecular complexity index is 563. The fraction of sp³-hybridized carbons (Fsp3) is 0.385. The van der Waals surface area contributed by atoms with Crippen LogP contribution in [-0.2, 0) is 4.79 Å². The second-order valence-corrected chi connectivity index (χ2v) is 4.70.